The van der Waals surface area contributed by atoms with Crippen LogP contribution in [0.5, 0.6) is 0 Å². The van der Waals surface area contributed by atoms with Crippen LogP contribution in [-0.4, -0.2) is 27.7 Å². The van der Waals surface area contributed by atoms with E-state index in [1.54, 1.807) is 11.0 Å². The Hall–Kier alpha value is -2.82. The summed E-state index contributed by atoms with van der Waals surface area (Å²) in [6, 6.07) is 14.9. The third kappa shape index (κ3) is 3.29. The molecule has 3 aromatic rings. The van der Waals surface area contributed by atoms with Crippen molar-refractivity contribution in [2.75, 3.05) is 6.54 Å². The van der Waals surface area contributed by atoms with Gasteiger partial charge < -0.3 is 14.2 Å². The van der Waals surface area contributed by atoms with Crippen molar-refractivity contribution in [3.63, 3.8) is 0 Å². The molecule has 0 unspecified atom stereocenters. The lowest BCUT2D eigenvalue weighted by atomic mass is 10.0. The van der Waals surface area contributed by atoms with E-state index in [9.17, 15) is 9.18 Å². The monoisotopic (exact) mass is 366 g/mol. The summed E-state index contributed by atoms with van der Waals surface area (Å²) in [6.45, 7) is 6.57. The van der Waals surface area contributed by atoms with Gasteiger partial charge in [-0.25, -0.2) is 9.18 Å². The highest BCUT2D eigenvalue weighted by Crippen LogP contribution is 2.34. The van der Waals surface area contributed by atoms with Crippen molar-refractivity contribution < 1.29 is 13.9 Å². The number of halogens is 1. The summed E-state index contributed by atoms with van der Waals surface area (Å²) in [5.74, 6) is -0.273. The molecule has 0 bridgehead atoms. The number of carbonyl (C=O) groups is 1. The predicted molar refractivity (Wildman–Crippen MR) is 104 cm³/mol. The Labute approximate surface area is 158 Å². The molecule has 27 heavy (non-hydrogen) atoms. The van der Waals surface area contributed by atoms with Crippen molar-refractivity contribution in [3.05, 3.63) is 65.6 Å². The fourth-order valence-corrected chi connectivity index (χ4v) is 3.68. The van der Waals surface area contributed by atoms with Gasteiger partial charge in [-0.05, 0) is 51.1 Å². The van der Waals surface area contributed by atoms with E-state index in [4.69, 9.17) is 4.74 Å². The molecule has 4 rings (SSSR count). The van der Waals surface area contributed by atoms with Gasteiger partial charge in [0.05, 0.1) is 12.1 Å². The zero-order chi connectivity index (χ0) is 19.2. The van der Waals surface area contributed by atoms with Gasteiger partial charge in [0.15, 0.2) is 0 Å². The van der Waals surface area contributed by atoms with Crippen molar-refractivity contribution in [1.82, 2.24) is 9.47 Å². The number of nitrogens with zero attached hydrogens (tertiary/aromatic N) is 2. The zero-order valence-corrected chi connectivity index (χ0v) is 15.8. The fraction of sp³-hybridized carbons (Fsp3) is 0.318. The lowest BCUT2D eigenvalue weighted by Crippen LogP contribution is -2.40. The topological polar surface area (TPSA) is 34.5 Å². The highest BCUT2D eigenvalue weighted by molar-refractivity contribution is 5.88. The quantitative estimate of drug-likeness (QED) is 0.603. The minimum atomic E-state index is -0.540. The molecular weight excluding hydrogens is 343 g/mol. The molecule has 0 N–H and O–H groups in total. The van der Waals surface area contributed by atoms with E-state index in [0.717, 1.165) is 27.8 Å². The maximum atomic E-state index is 14.0. The maximum Gasteiger partial charge on any atom is 0.410 e. The molecule has 140 valence electrons. The Kier molecular flexibility index (Phi) is 4.17. The van der Waals surface area contributed by atoms with E-state index >= 15 is 0 Å². The van der Waals surface area contributed by atoms with Crippen LogP contribution in [0, 0.1) is 5.82 Å². The van der Waals surface area contributed by atoms with Crippen molar-refractivity contribution in [1.29, 1.82) is 0 Å². The molecule has 0 aliphatic carbocycles. The molecular formula is C22H23FN2O2. The van der Waals surface area contributed by atoms with E-state index < -0.39 is 5.60 Å². The number of rotatable bonds is 1. The Morgan fingerprint density at radius 1 is 1.11 bits per heavy atom. The maximum absolute atomic E-state index is 14.0. The lowest BCUT2D eigenvalue weighted by Gasteiger charge is -2.30. The summed E-state index contributed by atoms with van der Waals surface area (Å²) in [5.41, 5.74) is 3.58. The molecule has 0 fully saturated rings. The zero-order valence-electron chi connectivity index (χ0n) is 15.8. The summed E-state index contributed by atoms with van der Waals surface area (Å²) < 4.78 is 21.7. The molecule has 5 heteroatoms. The number of aromatic nitrogens is 1. The number of hydrogen-bond acceptors (Lipinski definition) is 2. The van der Waals surface area contributed by atoms with Crippen molar-refractivity contribution in [3.8, 4) is 5.69 Å². The molecule has 4 nitrogen and oxygen atoms in total. The molecule has 0 radical (unpaired) electrons. The van der Waals surface area contributed by atoms with Crippen LogP contribution in [0.25, 0.3) is 16.6 Å². The van der Waals surface area contributed by atoms with E-state index in [1.165, 1.54) is 6.07 Å². The van der Waals surface area contributed by atoms with Crippen molar-refractivity contribution in [2.45, 2.75) is 39.3 Å². The first-order valence-electron chi connectivity index (χ1n) is 9.18. The van der Waals surface area contributed by atoms with Crippen LogP contribution in [0.4, 0.5) is 9.18 Å². The predicted octanol–water partition coefficient (Wildman–Crippen LogP) is 5.06. The van der Waals surface area contributed by atoms with Gasteiger partial charge in [-0.1, -0.05) is 18.2 Å². The summed E-state index contributed by atoms with van der Waals surface area (Å²) in [5, 5.41) is 0.849. The highest BCUT2D eigenvalue weighted by atomic mass is 19.1. The SMILES string of the molecule is CC(C)(C)OC(=O)N1CCc2c(c3cc(F)ccc3n2-c2ccccc2)C1. The van der Waals surface area contributed by atoms with Crippen LogP contribution >= 0.6 is 0 Å². The normalized spacial score (nSPS) is 14.3. The second-order valence-electron chi connectivity index (χ2n) is 7.91. The van der Waals surface area contributed by atoms with Crippen LogP contribution in [0.15, 0.2) is 48.5 Å². The molecule has 0 saturated heterocycles. The summed E-state index contributed by atoms with van der Waals surface area (Å²) in [6.07, 6.45) is 0.366. The Bertz CT molecular complexity index is 1000. The first kappa shape index (κ1) is 17.6. The second kappa shape index (κ2) is 6.41. The lowest BCUT2D eigenvalue weighted by molar-refractivity contribution is 0.0224. The number of carbonyl (C=O) groups excluding carboxylic acids is 1. The molecule has 1 aliphatic rings. The number of para-hydroxylation sites is 1. The molecule has 1 aliphatic heterocycles. The first-order valence-corrected chi connectivity index (χ1v) is 9.18. The molecule has 2 heterocycles. The summed E-state index contributed by atoms with van der Waals surface area (Å²) in [4.78, 5) is 14.2. The van der Waals surface area contributed by atoms with E-state index in [2.05, 4.69) is 4.57 Å². The number of benzene rings is 2. The molecule has 0 saturated carbocycles. The Morgan fingerprint density at radius 2 is 1.85 bits per heavy atom. The minimum Gasteiger partial charge on any atom is -0.444 e. The molecule has 1 amide bonds. The van der Waals surface area contributed by atoms with Crippen LogP contribution in [0.3, 0.4) is 0 Å². The smallest absolute Gasteiger partial charge is 0.410 e. The van der Waals surface area contributed by atoms with Crippen LogP contribution in [0.2, 0.25) is 0 Å². The van der Waals surface area contributed by atoms with Crippen molar-refractivity contribution in [2.24, 2.45) is 0 Å². The standard InChI is InChI=1S/C22H23FN2O2/c1-22(2,3)27-21(26)24-12-11-20-18(14-24)17-13-15(23)9-10-19(17)25(20)16-7-5-4-6-8-16/h4-10,13H,11-12,14H2,1-3H3. The van der Waals surface area contributed by atoms with Gasteiger partial charge >= 0.3 is 6.09 Å². The van der Waals surface area contributed by atoms with Gasteiger partial charge in [0.25, 0.3) is 0 Å². The third-order valence-electron chi connectivity index (χ3n) is 4.78. The number of fused-ring (bicyclic) bond motifs is 3. The first-order chi connectivity index (χ1) is 12.8. The average Bonchev–Trinajstić information content (AvgIpc) is 2.94. The molecule has 2 aromatic carbocycles. The van der Waals surface area contributed by atoms with Gasteiger partial charge in [-0.15, -0.1) is 0 Å². The summed E-state index contributed by atoms with van der Waals surface area (Å²) >= 11 is 0. The third-order valence-corrected chi connectivity index (χ3v) is 4.78. The van der Waals surface area contributed by atoms with E-state index in [1.807, 2.05) is 57.2 Å². The van der Waals surface area contributed by atoms with Gasteiger partial charge in [0.2, 0.25) is 0 Å². The summed E-state index contributed by atoms with van der Waals surface area (Å²) in [7, 11) is 0. The highest BCUT2D eigenvalue weighted by Gasteiger charge is 2.30. The van der Waals surface area contributed by atoms with Crippen LogP contribution in [0.1, 0.15) is 32.0 Å². The van der Waals surface area contributed by atoms with E-state index in [-0.39, 0.29) is 11.9 Å². The van der Waals surface area contributed by atoms with E-state index in [0.29, 0.717) is 19.5 Å². The van der Waals surface area contributed by atoms with Crippen molar-refractivity contribution >= 4 is 17.0 Å². The fourth-order valence-electron chi connectivity index (χ4n) is 3.68. The van der Waals surface area contributed by atoms with Crippen LogP contribution < -0.4 is 0 Å². The molecule has 0 spiro atoms. The van der Waals surface area contributed by atoms with Gasteiger partial charge in [0, 0.05) is 35.3 Å². The molecule has 0 atom stereocenters. The van der Waals surface area contributed by atoms with Gasteiger partial charge in [0.1, 0.15) is 11.4 Å². The Balaban J connectivity index is 1.81. The molecule has 1 aromatic heterocycles. The number of ether oxygens (including phenoxy) is 1. The largest absolute Gasteiger partial charge is 0.444 e. The number of amides is 1. The Morgan fingerprint density at radius 3 is 2.56 bits per heavy atom. The average molecular weight is 366 g/mol. The number of hydrogen-bond donors (Lipinski definition) is 0. The second-order valence-corrected chi connectivity index (χ2v) is 7.91. The van der Waals surface area contributed by atoms with Gasteiger partial charge in [-0.3, -0.25) is 0 Å². The van der Waals surface area contributed by atoms with Gasteiger partial charge in [-0.2, -0.15) is 0 Å². The minimum absolute atomic E-state index is 0.273. The van der Waals surface area contributed by atoms with Crippen LogP contribution in [-0.2, 0) is 17.7 Å².